The molecule has 1 aromatic carbocycles. The smallest absolute Gasteiger partial charge is 0.267 e. The number of nitrogens with zero attached hydrogens (tertiary/aromatic N) is 2. The lowest BCUT2D eigenvalue weighted by atomic mass is 10.2. The topological polar surface area (TPSA) is 65.4 Å². The zero-order chi connectivity index (χ0) is 17.8. The number of methoxy groups -OCH3 is 2. The number of nitrogens with one attached hydrogen (secondary N) is 1. The number of amides is 1. The first-order valence-corrected chi connectivity index (χ1v) is 8.64. The van der Waals surface area contributed by atoms with Crippen LogP contribution in [0.25, 0.3) is 0 Å². The van der Waals surface area contributed by atoms with E-state index in [0.717, 1.165) is 5.56 Å². The van der Waals surface area contributed by atoms with Crippen molar-refractivity contribution < 1.29 is 14.3 Å². The second kappa shape index (κ2) is 7.58. The van der Waals surface area contributed by atoms with Crippen LogP contribution in [0.15, 0.2) is 42.0 Å². The Morgan fingerprint density at radius 2 is 2.16 bits per heavy atom. The first-order valence-electron chi connectivity index (χ1n) is 7.39. The van der Waals surface area contributed by atoms with E-state index in [1.165, 1.54) is 11.3 Å². The summed E-state index contributed by atoms with van der Waals surface area (Å²) in [5, 5.41) is 9.28. The van der Waals surface area contributed by atoms with Crippen LogP contribution < -0.4 is 14.8 Å². The Labute approximate surface area is 153 Å². The third-order valence-electron chi connectivity index (χ3n) is 3.53. The molecule has 0 fully saturated rings. The highest BCUT2D eigenvalue weighted by Crippen LogP contribution is 2.31. The molecule has 2 aromatic heterocycles. The van der Waals surface area contributed by atoms with Gasteiger partial charge in [0, 0.05) is 11.8 Å². The lowest BCUT2D eigenvalue weighted by Crippen LogP contribution is -2.10. The van der Waals surface area contributed by atoms with Gasteiger partial charge in [-0.2, -0.15) is 5.10 Å². The summed E-state index contributed by atoms with van der Waals surface area (Å²) >= 11 is 7.27. The molecule has 130 valence electrons. The molecule has 0 atom stereocenters. The van der Waals surface area contributed by atoms with Gasteiger partial charge in [-0.3, -0.25) is 9.48 Å². The molecule has 2 heterocycles. The van der Waals surface area contributed by atoms with Crippen LogP contribution in [0.1, 0.15) is 15.2 Å². The van der Waals surface area contributed by atoms with E-state index < -0.39 is 0 Å². The summed E-state index contributed by atoms with van der Waals surface area (Å²) in [6.45, 7) is 0.482. The number of hydrogen-bond acceptors (Lipinski definition) is 5. The van der Waals surface area contributed by atoms with E-state index in [-0.39, 0.29) is 5.91 Å². The minimum absolute atomic E-state index is 0.251. The number of carbonyl (C=O) groups excluding carboxylic acids is 1. The zero-order valence-corrected chi connectivity index (χ0v) is 15.2. The van der Waals surface area contributed by atoms with Crippen molar-refractivity contribution >= 4 is 34.5 Å². The Kier molecular flexibility index (Phi) is 5.25. The summed E-state index contributed by atoms with van der Waals surface area (Å²) in [6, 6.07) is 7.36. The first-order chi connectivity index (χ1) is 12.1. The molecule has 0 bridgehead atoms. The summed E-state index contributed by atoms with van der Waals surface area (Å²) in [5.74, 6) is 1.07. The normalized spacial score (nSPS) is 10.5. The maximum Gasteiger partial charge on any atom is 0.267 e. The molecule has 0 aliphatic rings. The number of thiophene rings is 1. The molecule has 6 nitrogen and oxygen atoms in total. The average molecular weight is 378 g/mol. The number of rotatable bonds is 6. The predicted molar refractivity (Wildman–Crippen MR) is 98.2 cm³/mol. The molecule has 3 aromatic rings. The lowest BCUT2D eigenvalue weighted by molar-refractivity contribution is 0.103. The number of carbonyl (C=O) groups is 1. The molecule has 0 saturated heterocycles. The van der Waals surface area contributed by atoms with Crippen molar-refractivity contribution in [3.63, 3.8) is 0 Å². The molecule has 0 radical (unpaired) electrons. The fourth-order valence-electron chi connectivity index (χ4n) is 2.41. The highest BCUT2D eigenvalue weighted by molar-refractivity contribution is 7.12. The van der Waals surface area contributed by atoms with Crippen molar-refractivity contribution in [2.45, 2.75) is 6.54 Å². The number of ether oxygens (including phenoxy) is 2. The van der Waals surface area contributed by atoms with E-state index in [2.05, 4.69) is 10.4 Å². The van der Waals surface area contributed by atoms with E-state index >= 15 is 0 Å². The van der Waals surface area contributed by atoms with Crippen LogP contribution in [0.5, 0.6) is 11.5 Å². The molecule has 0 aliphatic heterocycles. The Morgan fingerprint density at radius 3 is 2.84 bits per heavy atom. The van der Waals surface area contributed by atoms with E-state index in [4.69, 9.17) is 21.1 Å². The van der Waals surface area contributed by atoms with Gasteiger partial charge in [0.2, 0.25) is 0 Å². The van der Waals surface area contributed by atoms with Gasteiger partial charge in [0.1, 0.15) is 4.88 Å². The molecule has 3 rings (SSSR count). The van der Waals surface area contributed by atoms with Crippen LogP contribution in [-0.4, -0.2) is 29.9 Å². The fourth-order valence-corrected chi connectivity index (χ4v) is 3.45. The van der Waals surface area contributed by atoms with Gasteiger partial charge in [-0.05, 0) is 17.5 Å². The summed E-state index contributed by atoms with van der Waals surface area (Å²) in [5.41, 5.74) is 1.51. The standard InChI is InChI=1S/C17H16ClN3O3S/c1-23-14-5-3-4-11(15(14)24-2)9-21-10-12(8-19-21)20-17(22)16-13(18)6-7-25-16/h3-8,10H,9H2,1-2H3,(H,20,22). The SMILES string of the molecule is COc1cccc(Cn2cc(NC(=O)c3sccc3Cl)cn2)c1OC. The number of para-hydroxylation sites is 1. The second-order valence-corrected chi connectivity index (χ2v) is 6.45. The number of anilines is 1. The zero-order valence-electron chi connectivity index (χ0n) is 13.7. The van der Waals surface area contributed by atoms with Crippen molar-refractivity contribution in [2.24, 2.45) is 0 Å². The molecule has 0 spiro atoms. The highest BCUT2D eigenvalue weighted by atomic mass is 35.5. The van der Waals surface area contributed by atoms with Crippen molar-refractivity contribution in [3.05, 3.63) is 57.5 Å². The molecular weight excluding hydrogens is 362 g/mol. The summed E-state index contributed by atoms with van der Waals surface area (Å²) < 4.78 is 12.4. The third kappa shape index (κ3) is 3.78. The predicted octanol–water partition coefficient (Wildman–Crippen LogP) is 3.92. The van der Waals surface area contributed by atoms with Crippen molar-refractivity contribution in [2.75, 3.05) is 19.5 Å². The van der Waals surface area contributed by atoms with Crippen LogP contribution in [0.3, 0.4) is 0 Å². The molecule has 1 amide bonds. The third-order valence-corrected chi connectivity index (χ3v) is 4.87. The molecule has 0 aliphatic carbocycles. The molecule has 25 heavy (non-hydrogen) atoms. The summed E-state index contributed by atoms with van der Waals surface area (Å²) in [7, 11) is 3.19. The van der Waals surface area contributed by atoms with Gasteiger partial charge in [0.05, 0.1) is 37.7 Å². The maximum atomic E-state index is 12.2. The number of aromatic nitrogens is 2. The number of benzene rings is 1. The molecular formula is C17H16ClN3O3S. The highest BCUT2D eigenvalue weighted by Gasteiger charge is 2.14. The van der Waals surface area contributed by atoms with Gasteiger partial charge < -0.3 is 14.8 Å². The van der Waals surface area contributed by atoms with Gasteiger partial charge in [0.25, 0.3) is 5.91 Å². The fraction of sp³-hybridized carbons (Fsp3) is 0.176. The quantitative estimate of drug-likeness (QED) is 0.707. The van der Waals surface area contributed by atoms with E-state index in [0.29, 0.717) is 33.6 Å². The van der Waals surface area contributed by atoms with E-state index in [1.807, 2.05) is 18.2 Å². The monoisotopic (exact) mass is 377 g/mol. The van der Waals surface area contributed by atoms with Gasteiger partial charge >= 0.3 is 0 Å². The van der Waals surface area contributed by atoms with Gasteiger partial charge in [-0.1, -0.05) is 23.7 Å². The van der Waals surface area contributed by atoms with Crippen LogP contribution in [0.2, 0.25) is 5.02 Å². The van der Waals surface area contributed by atoms with Crippen molar-refractivity contribution in [1.29, 1.82) is 0 Å². The lowest BCUT2D eigenvalue weighted by Gasteiger charge is -2.12. The van der Waals surface area contributed by atoms with E-state index in [9.17, 15) is 4.79 Å². The van der Waals surface area contributed by atoms with Crippen molar-refractivity contribution in [1.82, 2.24) is 9.78 Å². The second-order valence-electron chi connectivity index (χ2n) is 5.13. The Balaban J connectivity index is 1.74. The van der Waals surface area contributed by atoms with Crippen molar-refractivity contribution in [3.8, 4) is 11.5 Å². The van der Waals surface area contributed by atoms with Gasteiger partial charge in [0.15, 0.2) is 11.5 Å². The largest absolute Gasteiger partial charge is 0.493 e. The maximum absolute atomic E-state index is 12.2. The first kappa shape index (κ1) is 17.3. The average Bonchev–Trinajstić information content (AvgIpc) is 3.23. The Hall–Kier alpha value is -2.51. The van der Waals surface area contributed by atoms with Crippen LogP contribution in [0.4, 0.5) is 5.69 Å². The number of hydrogen-bond donors (Lipinski definition) is 1. The van der Waals surface area contributed by atoms with Crippen LogP contribution >= 0.6 is 22.9 Å². The Morgan fingerprint density at radius 1 is 1.32 bits per heavy atom. The molecule has 0 saturated carbocycles. The minimum atomic E-state index is -0.251. The minimum Gasteiger partial charge on any atom is -0.493 e. The molecule has 0 unspecified atom stereocenters. The van der Waals surface area contributed by atoms with Crippen LogP contribution in [0, 0.1) is 0 Å². The van der Waals surface area contributed by atoms with Gasteiger partial charge in [-0.15, -0.1) is 11.3 Å². The Bertz CT molecular complexity index is 891. The molecule has 1 N–H and O–H groups in total. The van der Waals surface area contributed by atoms with Gasteiger partial charge in [-0.25, -0.2) is 0 Å². The summed E-state index contributed by atoms with van der Waals surface area (Å²) in [4.78, 5) is 12.7. The van der Waals surface area contributed by atoms with E-state index in [1.54, 1.807) is 42.7 Å². The van der Waals surface area contributed by atoms with Crippen LogP contribution in [-0.2, 0) is 6.54 Å². The number of halogens is 1. The summed E-state index contributed by atoms with van der Waals surface area (Å²) in [6.07, 6.45) is 3.34. The molecule has 8 heteroatoms.